The summed E-state index contributed by atoms with van der Waals surface area (Å²) >= 11 is 0. The lowest BCUT2D eigenvalue weighted by atomic mass is 9.82. The first-order valence-corrected chi connectivity index (χ1v) is 21.5. The summed E-state index contributed by atoms with van der Waals surface area (Å²) in [5, 5.41) is 35.7. The molecule has 0 aliphatic carbocycles. The second kappa shape index (κ2) is 20.0. The molecule has 0 fully saturated rings. The third-order valence-corrected chi connectivity index (χ3v) is 12.0. The van der Waals surface area contributed by atoms with Crippen molar-refractivity contribution in [1.29, 1.82) is 0 Å². The van der Waals surface area contributed by atoms with Crippen LogP contribution < -0.4 is 19.9 Å². The Balaban J connectivity index is 1.33. The van der Waals surface area contributed by atoms with Crippen LogP contribution >= 0.6 is 0 Å². The molecule has 4 atom stereocenters. The molecule has 3 aliphatic heterocycles. The van der Waals surface area contributed by atoms with Crippen LogP contribution in [0, 0.1) is 5.92 Å². The van der Waals surface area contributed by atoms with Crippen LogP contribution in [0.5, 0.6) is 5.75 Å². The van der Waals surface area contributed by atoms with Gasteiger partial charge in [-0.05, 0) is 126 Å². The van der Waals surface area contributed by atoms with Crippen molar-refractivity contribution in [1.82, 2.24) is 10.2 Å². The molecule has 0 aromatic heterocycles. The van der Waals surface area contributed by atoms with E-state index in [9.17, 15) is 29.7 Å². The minimum absolute atomic E-state index is 0.0347. The van der Waals surface area contributed by atoms with Crippen LogP contribution in [0.25, 0.3) is 0 Å². The van der Waals surface area contributed by atoms with Crippen LogP contribution in [0.2, 0.25) is 0 Å². The van der Waals surface area contributed by atoms with E-state index in [2.05, 4.69) is 25.2 Å². The third kappa shape index (κ3) is 9.60. The molecule has 3 amide bonds. The highest BCUT2D eigenvalue weighted by Crippen LogP contribution is 2.48. The Bertz CT molecular complexity index is 2120. The van der Waals surface area contributed by atoms with Crippen LogP contribution in [0.15, 0.2) is 96.1 Å². The molecule has 11 heteroatoms. The maximum atomic E-state index is 14.6. The summed E-state index contributed by atoms with van der Waals surface area (Å²) in [5.74, 6) is -0.842. The highest BCUT2D eigenvalue weighted by atomic mass is 16.5. The Labute approximate surface area is 355 Å². The standard InChI is InChI=1S/C49H62N4O7/c1-6-60-41-20-22-44-38(28-41)29-43(50-24-9-10-26-54)47(57)53(44)39-19-21-45-42(30-39)49(59,48(58)51(45)25-23-34(4)14-11-13-33(2)3)35(5)15-12-18-46(56)52-31-37-17-8-7-16-36(37)27-40(52)32-55/h7-8,12-13,15-17,19-23,28,30,35,40,43,50,54-55,59H,6,9-11,14,18,24-27,29,31-32H2,1-5H3/b15-12+,34-23+/t35-,40+,43?,49+/m1/s1. The van der Waals surface area contributed by atoms with Crippen LogP contribution in [-0.4, -0.2) is 82.9 Å². The van der Waals surface area contributed by atoms with Gasteiger partial charge in [-0.25, -0.2) is 0 Å². The first kappa shape index (κ1) is 44.5. The van der Waals surface area contributed by atoms with Gasteiger partial charge in [0.25, 0.3) is 5.91 Å². The number of carbonyl (C=O) groups excluding carboxylic acids is 3. The first-order chi connectivity index (χ1) is 28.9. The molecule has 6 rings (SSSR count). The maximum absolute atomic E-state index is 14.6. The number of amides is 3. The third-order valence-electron chi connectivity index (χ3n) is 12.0. The van der Waals surface area contributed by atoms with Crippen LogP contribution in [0.3, 0.4) is 0 Å². The van der Waals surface area contributed by atoms with Crippen LogP contribution in [0.1, 0.15) is 89.0 Å². The van der Waals surface area contributed by atoms with Gasteiger partial charge >= 0.3 is 0 Å². The fraction of sp³-hybridized carbons (Fsp3) is 0.449. The normalized spacial score (nSPS) is 20.6. The molecular formula is C49H62N4O7. The summed E-state index contributed by atoms with van der Waals surface area (Å²) in [5.41, 5.74) is 5.63. The number of aliphatic hydroxyl groups is 3. The summed E-state index contributed by atoms with van der Waals surface area (Å²) < 4.78 is 5.83. The molecule has 0 saturated carbocycles. The number of unbranched alkanes of at least 4 members (excludes halogenated alkanes) is 1. The predicted molar refractivity (Wildman–Crippen MR) is 236 cm³/mol. The lowest BCUT2D eigenvalue weighted by molar-refractivity contribution is -0.139. The van der Waals surface area contributed by atoms with Crippen molar-refractivity contribution in [3.05, 3.63) is 118 Å². The molecule has 3 aliphatic rings. The number of aliphatic hydroxyl groups excluding tert-OH is 2. The number of nitrogens with zero attached hydrogens (tertiary/aromatic N) is 3. The fourth-order valence-electron chi connectivity index (χ4n) is 8.59. The predicted octanol–water partition coefficient (Wildman–Crippen LogP) is 6.79. The smallest absolute Gasteiger partial charge is 0.264 e. The largest absolute Gasteiger partial charge is 0.494 e. The first-order valence-electron chi connectivity index (χ1n) is 21.5. The van der Waals surface area contributed by atoms with E-state index in [4.69, 9.17) is 4.74 Å². The van der Waals surface area contributed by atoms with E-state index in [1.54, 1.807) is 39.8 Å². The second-order valence-corrected chi connectivity index (χ2v) is 16.5. The number of benzene rings is 3. The van der Waals surface area contributed by atoms with Gasteiger partial charge in [0.15, 0.2) is 5.60 Å². The minimum atomic E-state index is -2.01. The quantitative estimate of drug-likeness (QED) is 0.0813. The van der Waals surface area contributed by atoms with E-state index in [-0.39, 0.29) is 44.0 Å². The Kier molecular flexibility index (Phi) is 14.8. The van der Waals surface area contributed by atoms with E-state index in [1.807, 2.05) is 74.5 Å². The highest BCUT2D eigenvalue weighted by Gasteiger charge is 2.53. The summed E-state index contributed by atoms with van der Waals surface area (Å²) in [4.78, 5) is 47.7. The molecule has 0 saturated heterocycles. The van der Waals surface area contributed by atoms with Crippen molar-refractivity contribution in [2.24, 2.45) is 5.92 Å². The van der Waals surface area contributed by atoms with Crippen molar-refractivity contribution in [2.75, 3.05) is 42.7 Å². The monoisotopic (exact) mass is 818 g/mol. The summed E-state index contributed by atoms with van der Waals surface area (Å²) in [6, 6.07) is 18.2. The van der Waals surface area contributed by atoms with Gasteiger partial charge in [0.1, 0.15) is 5.75 Å². The number of rotatable bonds is 18. The molecule has 4 N–H and O–H groups in total. The molecule has 0 radical (unpaired) electrons. The zero-order chi connectivity index (χ0) is 43.0. The lowest BCUT2D eigenvalue weighted by Crippen LogP contribution is -2.49. The molecule has 1 unspecified atom stereocenters. The van der Waals surface area contributed by atoms with Crippen molar-refractivity contribution < 1.29 is 34.4 Å². The van der Waals surface area contributed by atoms with Gasteiger partial charge in [0, 0.05) is 43.3 Å². The van der Waals surface area contributed by atoms with Gasteiger partial charge in [0.2, 0.25) is 11.8 Å². The molecule has 320 valence electrons. The van der Waals surface area contributed by atoms with E-state index >= 15 is 0 Å². The van der Waals surface area contributed by atoms with Crippen molar-refractivity contribution in [2.45, 2.75) is 104 Å². The Morgan fingerprint density at radius 3 is 2.47 bits per heavy atom. The number of hydrogen-bond acceptors (Lipinski definition) is 8. The molecule has 0 bridgehead atoms. The number of ether oxygens (including phenoxy) is 1. The summed E-state index contributed by atoms with van der Waals surface area (Å²) in [6.07, 6.45) is 11.8. The molecule has 60 heavy (non-hydrogen) atoms. The van der Waals surface area contributed by atoms with Crippen molar-refractivity contribution in [3.63, 3.8) is 0 Å². The highest BCUT2D eigenvalue weighted by molar-refractivity contribution is 6.10. The number of hydrogen-bond donors (Lipinski definition) is 4. The number of carbonyl (C=O) groups is 3. The average molecular weight is 819 g/mol. The average Bonchev–Trinajstić information content (AvgIpc) is 3.45. The molecule has 3 aromatic carbocycles. The van der Waals surface area contributed by atoms with Gasteiger partial charge in [-0.1, -0.05) is 66.6 Å². The van der Waals surface area contributed by atoms with Crippen LogP contribution in [-0.2, 0) is 39.4 Å². The van der Waals surface area contributed by atoms with Gasteiger partial charge in [-0.3, -0.25) is 19.3 Å². The van der Waals surface area contributed by atoms with E-state index < -0.39 is 23.5 Å². The molecule has 11 nitrogen and oxygen atoms in total. The fourth-order valence-corrected chi connectivity index (χ4v) is 8.59. The number of anilines is 3. The zero-order valence-corrected chi connectivity index (χ0v) is 35.8. The number of fused-ring (bicyclic) bond motifs is 3. The lowest BCUT2D eigenvalue weighted by Gasteiger charge is -2.36. The number of nitrogens with one attached hydrogen (secondary N) is 1. The van der Waals surface area contributed by atoms with Gasteiger partial charge < -0.3 is 35.2 Å². The Morgan fingerprint density at radius 1 is 0.967 bits per heavy atom. The summed E-state index contributed by atoms with van der Waals surface area (Å²) in [6.45, 7) is 11.5. The molecule has 0 spiro atoms. The molecule has 3 heterocycles. The van der Waals surface area contributed by atoms with E-state index in [0.29, 0.717) is 73.8 Å². The molecule has 3 aromatic rings. The van der Waals surface area contributed by atoms with Gasteiger partial charge in [-0.15, -0.1) is 0 Å². The van der Waals surface area contributed by atoms with Gasteiger partial charge in [0.05, 0.1) is 36.7 Å². The van der Waals surface area contributed by atoms with E-state index in [0.717, 1.165) is 35.1 Å². The zero-order valence-electron chi connectivity index (χ0n) is 35.8. The topological polar surface area (TPSA) is 143 Å². The summed E-state index contributed by atoms with van der Waals surface area (Å²) in [7, 11) is 0. The van der Waals surface area contributed by atoms with E-state index in [1.165, 1.54) is 5.57 Å². The van der Waals surface area contributed by atoms with Crippen LogP contribution in [0.4, 0.5) is 17.1 Å². The van der Waals surface area contributed by atoms with Gasteiger partial charge in [-0.2, -0.15) is 0 Å². The number of allylic oxidation sites excluding steroid dienone is 3. The maximum Gasteiger partial charge on any atom is 0.264 e. The molecular weight excluding hydrogens is 757 g/mol. The van der Waals surface area contributed by atoms with Crippen molar-refractivity contribution >= 4 is 34.8 Å². The SMILES string of the molecule is CCOc1ccc2c(c1)CC(NCCCCO)C(=O)N2c1ccc2c(c1)[C@@](O)([C@H](C)/C=C/CC(=O)N1Cc3ccccc3C[C@H]1CO)C(=O)N2C/C=C(\C)CCC=C(C)C. The Hall–Kier alpha value is -5.07. The second-order valence-electron chi connectivity index (χ2n) is 16.5. The minimum Gasteiger partial charge on any atom is -0.494 e. The van der Waals surface area contributed by atoms with Crippen molar-refractivity contribution in [3.8, 4) is 5.75 Å². The Morgan fingerprint density at radius 2 is 1.73 bits per heavy atom.